The van der Waals surface area contributed by atoms with Gasteiger partial charge in [0.15, 0.2) is 0 Å². The van der Waals surface area contributed by atoms with Crippen LogP contribution in [-0.2, 0) is 20.4 Å². The standard InChI is InChI=1S/C31H38N2O2/c1-7-32-25-17-11-9-15-23(25)30(3,4)27(32)19-13-20-28-31(5,6)24-16-10-12-18-26(24)33(28)22-14-21-29(34)35-8-2/h9-21,27H,7-8,22H2,1-6H3/b19-13+,21-14+,28-20+. The minimum atomic E-state index is -0.299. The van der Waals surface area contributed by atoms with Crippen molar-refractivity contribution in [3.05, 3.63) is 95.7 Å². The van der Waals surface area contributed by atoms with E-state index in [9.17, 15) is 4.79 Å². The van der Waals surface area contributed by atoms with Crippen molar-refractivity contribution in [1.82, 2.24) is 0 Å². The molecule has 0 aliphatic carbocycles. The van der Waals surface area contributed by atoms with Gasteiger partial charge in [0.2, 0.25) is 0 Å². The quantitative estimate of drug-likeness (QED) is 0.340. The summed E-state index contributed by atoms with van der Waals surface area (Å²) in [6.07, 6.45) is 10.3. The van der Waals surface area contributed by atoms with E-state index in [1.807, 2.05) is 13.0 Å². The van der Waals surface area contributed by atoms with Crippen molar-refractivity contribution < 1.29 is 9.53 Å². The number of esters is 1. The van der Waals surface area contributed by atoms with Crippen LogP contribution in [0.5, 0.6) is 0 Å². The maximum absolute atomic E-state index is 11.8. The molecule has 4 heteroatoms. The largest absolute Gasteiger partial charge is 0.463 e. The van der Waals surface area contributed by atoms with Crippen molar-refractivity contribution in [3.63, 3.8) is 0 Å². The minimum absolute atomic E-state index is 0.0256. The molecule has 35 heavy (non-hydrogen) atoms. The minimum Gasteiger partial charge on any atom is -0.463 e. The normalized spacial score (nSPS) is 21.2. The highest BCUT2D eigenvalue weighted by molar-refractivity contribution is 5.82. The summed E-state index contributed by atoms with van der Waals surface area (Å²) in [5.74, 6) is -0.299. The van der Waals surface area contributed by atoms with Crippen molar-refractivity contribution in [1.29, 1.82) is 0 Å². The van der Waals surface area contributed by atoms with Gasteiger partial charge in [0, 0.05) is 47.1 Å². The number of nitrogens with zero attached hydrogens (tertiary/aromatic N) is 2. The van der Waals surface area contributed by atoms with E-state index >= 15 is 0 Å². The van der Waals surface area contributed by atoms with Crippen molar-refractivity contribution in [2.75, 3.05) is 29.5 Å². The van der Waals surface area contributed by atoms with Crippen molar-refractivity contribution in [2.24, 2.45) is 0 Å². The second-order valence-corrected chi connectivity index (χ2v) is 10.3. The maximum atomic E-state index is 11.8. The monoisotopic (exact) mass is 470 g/mol. The van der Waals surface area contributed by atoms with Gasteiger partial charge in [0.05, 0.1) is 12.6 Å². The molecule has 2 heterocycles. The molecule has 0 aromatic heterocycles. The molecule has 0 N–H and O–H groups in total. The zero-order valence-electron chi connectivity index (χ0n) is 21.9. The average Bonchev–Trinajstić information content (AvgIpc) is 3.19. The van der Waals surface area contributed by atoms with Crippen LogP contribution < -0.4 is 9.80 Å². The molecule has 0 saturated heterocycles. The van der Waals surface area contributed by atoms with Gasteiger partial charge >= 0.3 is 5.97 Å². The third kappa shape index (κ3) is 4.42. The van der Waals surface area contributed by atoms with Crippen LogP contribution in [0.2, 0.25) is 0 Å². The molecule has 0 radical (unpaired) electrons. The SMILES string of the molecule is CCOC(=O)/C=C/CN1/C(=C/C=C/C2N(CC)c3ccccc3C2(C)C)C(C)(C)c2ccccc21. The Morgan fingerprint density at radius 2 is 1.63 bits per heavy atom. The smallest absolute Gasteiger partial charge is 0.330 e. The van der Waals surface area contributed by atoms with E-state index in [0.29, 0.717) is 13.2 Å². The van der Waals surface area contributed by atoms with Crippen LogP contribution >= 0.6 is 0 Å². The lowest BCUT2D eigenvalue weighted by Gasteiger charge is -2.31. The van der Waals surface area contributed by atoms with E-state index in [0.717, 1.165) is 6.54 Å². The molecule has 2 aromatic carbocycles. The Kier molecular flexibility index (Phi) is 6.93. The number of para-hydroxylation sites is 2. The lowest BCUT2D eigenvalue weighted by Crippen LogP contribution is -2.39. The maximum Gasteiger partial charge on any atom is 0.330 e. The van der Waals surface area contributed by atoms with Crippen LogP contribution in [0.4, 0.5) is 11.4 Å². The van der Waals surface area contributed by atoms with Gasteiger partial charge in [-0.25, -0.2) is 4.79 Å². The molecule has 2 aliphatic rings. The number of anilines is 2. The van der Waals surface area contributed by atoms with E-state index in [1.165, 1.54) is 34.3 Å². The fraction of sp³-hybridized carbons (Fsp3) is 0.387. The van der Waals surface area contributed by atoms with Crippen molar-refractivity contribution in [3.8, 4) is 0 Å². The summed E-state index contributed by atoms with van der Waals surface area (Å²) in [5.41, 5.74) is 6.34. The lowest BCUT2D eigenvalue weighted by atomic mass is 9.80. The predicted molar refractivity (Wildman–Crippen MR) is 146 cm³/mol. The summed E-state index contributed by atoms with van der Waals surface area (Å²) >= 11 is 0. The van der Waals surface area contributed by atoms with Gasteiger partial charge in [-0.15, -0.1) is 0 Å². The van der Waals surface area contributed by atoms with Crippen LogP contribution in [0.3, 0.4) is 0 Å². The van der Waals surface area contributed by atoms with E-state index < -0.39 is 0 Å². The van der Waals surface area contributed by atoms with Gasteiger partial charge in [-0.05, 0) is 43.2 Å². The molecule has 1 unspecified atom stereocenters. The number of carbonyl (C=O) groups excluding carboxylic acids is 1. The summed E-state index contributed by atoms with van der Waals surface area (Å²) < 4.78 is 5.06. The molecule has 2 aliphatic heterocycles. The summed E-state index contributed by atoms with van der Waals surface area (Å²) in [6.45, 7) is 15.2. The number of rotatable bonds is 7. The molecule has 2 aromatic rings. The molecular weight excluding hydrogens is 432 g/mol. The summed E-state index contributed by atoms with van der Waals surface area (Å²) in [7, 11) is 0. The van der Waals surface area contributed by atoms with Gasteiger partial charge < -0.3 is 14.5 Å². The number of hydrogen-bond donors (Lipinski definition) is 0. The third-order valence-corrected chi connectivity index (χ3v) is 7.50. The highest BCUT2D eigenvalue weighted by atomic mass is 16.5. The van der Waals surface area contributed by atoms with Crippen LogP contribution in [-0.4, -0.2) is 31.7 Å². The van der Waals surface area contributed by atoms with E-state index in [-0.39, 0.29) is 22.8 Å². The predicted octanol–water partition coefficient (Wildman–Crippen LogP) is 6.53. The summed E-state index contributed by atoms with van der Waals surface area (Å²) in [4.78, 5) is 16.7. The van der Waals surface area contributed by atoms with Gasteiger partial charge in [0.1, 0.15) is 0 Å². The molecule has 0 bridgehead atoms. The highest BCUT2D eigenvalue weighted by Gasteiger charge is 2.42. The zero-order chi connectivity index (χ0) is 25.2. The Balaban J connectivity index is 1.66. The number of allylic oxidation sites excluding steroid dienone is 3. The second-order valence-electron chi connectivity index (χ2n) is 10.3. The number of hydrogen-bond acceptors (Lipinski definition) is 4. The molecular formula is C31H38N2O2. The molecule has 4 nitrogen and oxygen atoms in total. The first-order valence-electron chi connectivity index (χ1n) is 12.7. The molecule has 0 fully saturated rings. The Morgan fingerprint density at radius 1 is 0.971 bits per heavy atom. The van der Waals surface area contributed by atoms with Crippen molar-refractivity contribution >= 4 is 17.3 Å². The molecule has 0 amide bonds. The fourth-order valence-electron chi connectivity index (χ4n) is 5.71. The Bertz CT molecular complexity index is 1170. The van der Waals surface area contributed by atoms with Gasteiger partial charge in [-0.2, -0.15) is 0 Å². The second kappa shape index (κ2) is 9.77. The first kappa shape index (κ1) is 24.8. The summed E-state index contributed by atoms with van der Waals surface area (Å²) in [6, 6.07) is 17.6. The number of benzene rings is 2. The van der Waals surface area contributed by atoms with Crippen LogP contribution in [0.1, 0.15) is 52.7 Å². The molecule has 0 spiro atoms. The molecule has 1 atom stereocenters. The lowest BCUT2D eigenvalue weighted by molar-refractivity contribution is -0.137. The van der Waals surface area contributed by atoms with Gasteiger partial charge in [-0.3, -0.25) is 0 Å². The number of fused-ring (bicyclic) bond motifs is 2. The highest BCUT2D eigenvalue weighted by Crippen LogP contribution is 2.48. The topological polar surface area (TPSA) is 32.8 Å². The Morgan fingerprint density at radius 3 is 2.31 bits per heavy atom. The molecule has 0 saturated carbocycles. The molecule has 184 valence electrons. The molecule has 4 rings (SSSR count). The van der Waals surface area contributed by atoms with Crippen LogP contribution in [0, 0.1) is 0 Å². The van der Waals surface area contributed by atoms with E-state index in [4.69, 9.17) is 4.74 Å². The summed E-state index contributed by atoms with van der Waals surface area (Å²) in [5, 5.41) is 0. The first-order chi connectivity index (χ1) is 16.7. The zero-order valence-corrected chi connectivity index (χ0v) is 21.9. The number of carbonyl (C=O) groups is 1. The number of likely N-dealkylation sites (N-methyl/N-ethyl adjacent to an activating group) is 1. The van der Waals surface area contributed by atoms with E-state index in [1.54, 1.807) is 0 Å². The van der Waals surface area contributed by atoms with Crippen LogP contribution in [0.15, 0.2) is 84.6 Å². The Hall–Kier alpha value is -3.27. The number of ether oxygens (including phenoxy) is 1. The van der Waals surface area contributed by atoms with E-state index in [2.05, 4.69) is 111 Å². The third-order valence-electron chi connectivity index (χ3n) is 7.50. The van der Waals surface area contributed by atoms with Crippen molar-refractivity contribution in [2.45, 2.75) is 58.4 Å². The van der Waals surface area contributed by atoms with Gasteiger partial charge in [-0.1, -0.05) is 82.3 Å². The first-order valence-corrected chi connectivity index (χ1v) is 12.7. The fourth-order valence-corrected chi connectivity index (χ4v) is 5.71. The van der Waals surface area contributed by atoms with Crippen LogP contribution in [0.25, 0.3) is 0 Å². The van der Waals surface area contributed by atoms with Gasteiger partial charge in [0.25, 0.3) is 0 Å². The Labute approximate surface area is 210 Å². The average molecular weight is 471 g/mol.